The van der Waals surface area contributed by atoms with Crippen LogP contribution in [-0.4, -0.2) is 40.2 Å². The van der Waals surface area contributed by atoms with E-state index in [9.17, 15) is 8.42 Å². The quantitative estimate of drug-likeness (QED) is 0.669. The normalized spacial score (nSPS) is 11.4. The highest BCUT2D eigenvalue weighted by Crippen LogP contribution is 2.28. The first-order valence-electron chi connectivity index (χ1n) is 7.23. The lowest BCUT2D eigenvalue weighted by atomic mass is 10.2. The molecule has 1 N–H and O–H groups in total. The van der Waals surface area contributed by atoms with Crippen molar-refractivity contribution in [1.82, 2.24) is 5.32 Å². The van der Waals surface area contributed by atoms with E-state index >= 15 is 0 Å². The lowest BCUT2D eigenvalue weighted by Gasteiger charge is -2.12. The fourth-order valence-electron chi connectivity index (χ4n) is 1.82. The van der Waals surface area contributed by atoms with Crippen LogP contribution in [0, 0.1) is 0 Å². The van der Waals surface area contributed by atoms with Crippen LogP contribution in [0.5, 0.6) is 11.5 Å². The maximum absolute atomic E-state index is 11.4. The Morgan fingerprint density at radius 3 is 2.57 bits per heavy atom. The van der Waals surface area contributed by atoms with Crippen molar-refractivity contribution in [3.05, 3.63) is 23.8 Å². The predicted octanol–water partition coefficient (Wildman–Crippen LogP) is 2.01. The van der Waals surface area contributed by atoms with Gasteiger partial charge < -0.3 is 14.8 Å². The van der Waals surface area contributed by atoms with Crippen molar-refractivity contribution in [2.24, 2.45) is 0 Å². The van der Waals surface area contributed by atoms with Crippen molar-refractivity contribution in [2.45, 2.75) is 26.8 Å². The van der Waals surface area contributed by atoms with E-state index in [-0.39, 0.29) is 11.5 Å². The standard InChI is InChI=1S/C15H25NO4S/c1-4-16-12-13-7-8-14(19-3)15(11-13)20-9-6-10-21(17,18)5-2/h7-8,11,16H,4-6,9-10,12H2,1-3H3. The van der Waals surface area contributed by atoms with Gasteiger partial charge in [0.1, 0.15) is 9.84 Å². The molecule has 0 aliphatic rings. The van der Waals surface area contributed by atoms with Gasteiger partial charge in [-0.3, -0.25) is 0 Å². The zero-order chi connectivity index (χ0) is 15.7. The molecule has 0 saturated heterocycles. The van der Waals surface area contributed by atoms with Gasteiger partial charge in [-0.15, -0.1) is 0 Å². The molecule has 0 saturated carbocycles. The third-order valence-corrected chi connectivity index (χ3v) is 4.89. The van der Waals surface area contributed by atoms with Crippen LogP contribution in [-0.2, 0) is 16.4 Å². The largest absolute Gasteiger partial charge is 0.493 e. The summed E-state index contributed by atoms with van der Waals surface area (Å²) in [5.41, 5.74) is 1.11. The van der Waals surface area contributed by atoms with Crippen LogP contribution >= 0.6 is 0 Å². The van der Waals surface area contributed by atoms with Gasteiger partial charge in [0.2, 0.25) is 0 Å². The summed E-state index contributed by atoms with van der Waals surface area (Å²) in [5.74, 6) is 1.65. The molecule has 0 aromatic heterocycles. The summed E-state index contributed by atoms with van der Waals surface area (Å²) in [7, 11) is -1.34. The first-order valence-corrected chi connectivity index (χ1v) is 9.05. The monoisotopic (exact) mass is 315 g/mol. The molecule has 0 aliphatic heterocycles. The van der Waals surface area contributed by atoms with E-state index in [1.54, 1.807) is 14.0 Å². The molecule has 0 unspecified atom stereocenters. The SMILES string of the molecule is CCNCc1ccc(OC)c(OCCCS(=O)(=O)CC)c1. The van der Waals surface area contributed by atoms with Gasteiger partial charge in [0.25, 0.3) is 0 Å². The highest BCUT2D eigenvalue weighted by molar-refractivity contribution is 7.91. The number of methoxy groups -OCH3 is 1. The summed E-state index contributed by atoms with van der Waals surface area (Å²) in [6.07, 6.45) is 0.483. The van der Waals surface area contributed by atoms with Gasteiger partial charge in [-0.2, -0.15) is 0 Å². The molecule has 0 aliphatic carbocycles. The highest BCUT2D eigenvalue weighted by Gasteiger charge is 2.09. The van der Waals surface area contributed by atoms with Gasteiger partial charge >= 0.3 is 0 Å². The van der Waals surface area contributed by atoms with Gasteiger partial charge in [-0.1, -0.05) is 19.9 Å². The van der Waals surface area contributed by atoms with Crippen molar-refractivity contribution >= 4 is 9.84 Å². The first kappa shape index (κ1) is 17.8. The Morgan fingerprint density at radius 2 is 1.95 bits per heavy atom. The predicted molar refractivity (Wildman–Crippen MR) is 84.8 cm³/mol. The molecular formula is C15H25NO4S. The average molecular weight is 315 g/mol. The number of benzene rings is 1. The third-order valence-electron chi connectivity index (χ3n) is 3.10. The summed E-state index contributed by atoms with van der Waals surface area (Å²) in [6, 6.07) is 5.77. The van der Waals surface area contributed by atoms with Crippen molar-refractivity contribution < 1.29 is 17.9 Å². The zero-order valence-electron chi connectivity index (χ0n) is 13.0. The van der Waals surface area contributed by atoms with Crippen LogP contribution in [0.2, 0.25) is 0 Å². The van der Waals surface area contributed by atoms with Gasteiger partial charge in [0.15, 0.2) is 11.5 Å². The van der Waals surface area contributed by atoms with Crippen LogP contribution in [0.1, 0.15) is 25.8 Å². The highest BCUT2D eigenvalue weighted by atomic mass is 32.2. The van der Waals surface area contributed by atoms with Crippen LogP contribution in [0.25, 0.3) is 0 Å². The van der Waals surface area contributed by atoms with E-state index in [1.165, 1.54) is 0 Å². The second-order valence-corrected chi connectivity index (χ2v) is 7.18. The lowest BCUT2D eigenvalue weighted by Crippen LogP contribution is -2.13. The Kier molecular flexibility index (Phi) is 7.53. The van der Waals surface area contributed by atoms with Crippen LogP contribution in [0.3, 0.4) is 0 Å². The average Bonchev–Trinajstić information content (AvgIpc) is 2.49. The van der Waals surface area contributed by atoms with E-state index in [2.05, 4.69) is 12.2 Å². The van der Waals surface area contributed by atoms with Crippen LogP contribution in [0.15, 0.2) is 18.2 Å². The third kappa shape index (κ3) is 6.35. The molecule has 21 heavy (non-hydrogen) atoms. The van der Waals surface area contributed by atoms with Crippen molar-refractivity contribution in [2.75, 3.05) is 31.8 Å². The van der Waals surface area contributed by atoms with Crippen molar-refractivity contribution in [1.29, 1.82) is 0 Å². The zero-order valence-corrected chi connectivity index (χ0v) is 13.8. The van der Waals surface area contributed by atoms with E-state index in [0.717, 1.165) is 18.7 Å². The number of hydrogen-bond acceptors (Lipinski definition) is 5. The number of rotatable bonds is 10. The fraction of sp³-hybridized carbons (Fsp3) is 0.600. The number of hydrogen-bond donors (Lipinski definition) is 1. The maximum atomic E-state index is 11.4. The van der Waals surface area contributed by atoms with E-state index in [4.69, 9.17) is 9.47 Å². The summed E-state index contributed by atoms with van der Waals surface area (Å²) >= 11 is 0. The molecule has 0 amide bonds. The number of sulfone groups is 1. The maximum Gasteiger partial charge on any atom is 0.161 e. The minimum absolute atomic E-state index is 0.156. The summed E-state index contributed by atoms with van der Waals surface area (Å²) in [4.78, 5) is 0. The van der Waals surface area contributed by atoms with Crippen molar-refractivity contribution in [3.63, 3.8) is 0 Å². The van der Waals surface area contributed by atoms with Gasteiger partial charge in [0.05, 0.1) is 19.5 Å². The van der Waals surface area contributed by atoms with E-state index in [0.29, 0.717) is 24.5 Å². The molecular weight excluding hydrogens is 290 g/mol. The molecule has 5 nitrogen and oxygen atoms in total. The minimum Gasteiger partial charge on any atom is -0.493 e. The summed E-state index contributed by atoms with van der Waals surface area (Å²) < 4.78 is 33.8. The van der Waals surface area contributed by atoms with E-state index < -0.39 is 9.84 Å². The molecule has 0 fully saturated rings. The molecule has 120 valence electrons. The molecule has 1 aromatic rings. The number of ether oxygens (including phenoxy) is 2. The molecule has 0 radical (unpaired) electrons. The van der Waals surface area contributed by atoms with Crippen molar-refractivity contribution in [3.8, 4) is 11.5 Å². The molecule has 0 bridgehead atoms. The molecule has 0 spiro atoms. The lowest BCUT2D eigenvalue weighted by molar-refractivity contribution is 0.294. The second-order valence-electron chi connectivity index (χ2n) is 4.70. The van der Waals surface area contributed by atoms with E-state index in [1.807, 2.05) is 18.2 Å². The van der Waals surface area contributed by atoms with Crippen LogP contribution < -0.4 is 14.8 Å². The Balaban J connectivity index is 2.59. The summed E-state index contributed by atoms with van der Waals surface area (Å²) in [5, 5.41) is 3.25. The van der Waals surface area contributed by atoms with Gasteiger partial charge in [-0.25, -0.2) is 8.42 Å². The molecule has 1 aromatic carbocycles. The Morgan fingerprint density at radius 1 is 1.19 bits per heavy atom. The minimum atomic E-state index is -2.93. The second kappa shape index (κ2) is 8.89. The molecule has 1 rings (SSSR count). The Hall–Kier alpha value is -1.27. The van der Waals surface area contributed by atoms with Crippen LogP contribution in [0.4, 0.5) is 0 Å². The summed E-state index contributed by atoms with van der Waals surface area (Å²) in [6.45, 7) is 5.73. The molecule has 0 atom stereocenters. The Bertz CT molecular complexity index is 528. The smallest absolute Gasteiger partial charge is 0.161 e. The Labute approximate surface area is 127 Å². The first-order chi connectivity index (χ1) is 10.0. The van der Waals surface area contributed by atoms with Gasteiger partial charge in [-0.05, 0) is 30.7 Å². The molecule has 0 heterocycles. The number of nitrogens with one attached hydrogen (secondary N) is 1. The topological polar surface area (TPSA) is 64.6 Å². The molecule has 6 heteroatoms. The van der Waals surface area contributed by atoms with Gasteiger partial charge in [0, 0.05) is 12.3 Å². The fourth-order valence-corrected chi connectivity index (χ4v) is 2.66.